The number of aromatic nitrogens is 4. The van der Waals surface area contributed by atoms with Crippen molar-refractivity contribution in [3.63, 3.8) is 0 Å². The first-order chi connectivity index (χ1) is 15.1. The minimum atomic E-state index is -1.02. The summed E-state index contributed by atoms with van der Waals surface area (Å²) in [6.45, 7) is 9.83. The molecular formula is C23H32ClN7O. The van der Waals surface area contributed by atoms with Gasteiger partial charge in [0.15, 0.2) is 5.65 Å². The zero-order valence-corrected chi connectivity index (χ0v) is 19.9. The van der Waals surface area contributed by atoms with Crippen LogP contribution in [0.5, 0.6) is 0 Å². The van der Waals surface area contributed by atoms with Crippen molar-refractivity contribution in [1.82, 2.24) is 19.6 Å². The molecule has 0 bridgehead atoms. The molecule has 1 aliphatic rings. The smallest absolute Gasteiger partial charge is 0.230 e. The van der Waals surface area contributed by atoms with Gasteiger partial charge in [0, 0.05) is 36.3 Å². The highest BCUT2D eigenvalue weighted by atomic mass is 35.5. The van der Waals surface area contributed by atoms with Gasteiger partial charge in [-0.2, -0.15) is 19.6 Å². The van der Waals surface area contributed by atoms with E-state index in [9.17, 15) is 5.11 Å². The van der Waals surface area contributed by atoms with Crippen molar-refractivity contribution in [3.05, 3.63) is 46.1 Å². The number of piperidine rings is 1. The van der Waals surface area contributed by atoms with Crippen molar-refractivity contribution in [2.24, 2.45) is 5.73 Å². The number of anilines is 2. The fourth-order valence-corrected chi connectivity index (χ4v) is 4.37. The minimum Gasteiger partial charge on any atom is -0.386 e. The molecule has 8 nitrogen and oxygen atoms in total. The predicted octanol–water partition coefficient (Wildman–Crippen LogP) is 3.67. The lowest BCUT2D eigenvalue weighted by Crippen LogP contribution is -2.40. The van der Waals surface area contributed by atoms with Crippen LogP contribution >= 0.6 is 11.6 Å². The van der Waals surface area contributed by atoms with Gasteiger partial charge in [-0.3, -0.25) is 0 Å². The first-order valence-electron chi connectivity index (χ1n) is 11.2. The molecule has 32 heavy (non-hydrogen) atoms. The second kappa shape index (κ2) is 8.84. The second-order valence-corrected chi connectivity index (χ2v) is 9.75. The third-order valence-electron chi connectivity index (χ3n) is 6.03. The molecule has 0 spiro atoms. The molecule has 9 heteroatoms. The molecule has 0 atom stereocenters. The van der Waals surface area contributed by atoms with Gasteiger partial charge in [-0.05, 0) is 49.8 Å². The van der Waals surface area contributed by atoms with Crippen LogP contribution in [0, 0.1) is 0 Å². The van der Waals surface area contributed by atoms with Crippen molar-refractivity contribution in [1.29, 1.82) is 0 Å². The molecule has 3 aromatic rings. The Balaban J connectivity index is 1.73. The van der Waals surface area contributed by atoms with E-state index in [-0.39, 0.29) is 12.0 Å². The number of hydrogen-bond donors (Lipinski definition) is 3. The quantitative estimate of drug-likeness (QED) is 0.518. The Kier molecular flexibility index (Phi) is 6.29. The number of aliphatic hydroxyl groups is 1. The molecule has 0 amide bonds. The van der Waals surface area contributed by atoms with Gasteiger partial charge in [-0.25, -0.2) is 0 Å². The molecule has 0 saturated carbocycles. The van der Waals surface area contributed by atoms with Crippen LogP contribution in [0.25, 0.3) is 5.65 Å². The molecule has 172 valence electrons. The molecule has 4 N–H and O–H groups in total. The third kappa shape index (κ3) is 4.53. The van der Waals surface area contributed by atoms with E-state index >= 15 is 0 Å². The van der Waals surface area contributed by atoms with Gasteiger partial charge in [0.25, 0.3) is 0 Å². The van der Waals surface area contributed by atoms with Crippen LogP contribution in [-0.2, 0) is 12.1 Å². The highest BCUT2D eigenvalue weighted by Gasteiger charge is 2.24. The maximum absolute atomic E-state index is 10.6. The molecule has 1 aliphatic heterocycles. The molecule has 0 aliphatic carbocycles. The summed E-state index contributed by atoms with van der Waals surface area (Å²) in [5.41, 5.74) is 8.54. The van der Waals surface area contributed by atoms with Crippen LogP contribution in [0.1, 0.15) is 63.1 Å². The van der Waals surface area contributed by atoms with E-state index < -0.39 is 5.60 Å². The molecule has 4 rings (SSSR count). The van der Waals surface area contributed by atoms with Crippen LogP contribution in [0.2, 0.25) is 5.02 Å². The molecule has 1 aromatic carbocycles. The molecule has 0 unspecified atom stereocenters. The Morgan fingerprint density at radius 3 is 2.62 bits per heavy atom. The lowest BCUT2D eigenvalue weighted by Gasteiger charge is -2.30. The highest BCUT2D eigenvalue weighted by Crippen LogP contribution is 2.30. The summed E-state index contributed by atoms with van der Waals surface area (Å²) in [6.07, 6.45) is 3.69. The lowest BCUT2D eigenvalue weighted by molar-refractivity contribution is 0.0777. The zero-order chi connectivity index (χ0) is 23.0. The zero-order valence-electron chi connectivity index (χ0n) is 19.1. The number of benzene rings is 1. The average Bonchev–Trinajstić information content (AvgIpc) is 3.17. The number of nitrogens with two attached hydrogens (primary N) is 1. The van der Waals surface area contributed by atoms with Crippen molar-refractivity contribution < 1.29 is 5.11 Å². The maximum atomic E-state index is 10.6. The number of hydrogen-bond acceptors (Lipinski definition) is 7. The fraction of sp³-hybridized carbons (Fsp3) is 0.522. The lowest BCUT2D eigenvalue weighted by atomic mass is 9.93. The third-order valence-corrected chi connectivity index (χ3v) is 6.38. The Morgan fingerprint density at radius 1 is 1.25 bits per heavy atom. The predicted molar refractivity (Wildman–Crippen MR) is 128 cm³/mol. The summed E-state index contributed by atoms with van der Waals surface area (Å²) in [7, 11) is 0. The Bertz CT molecular complexity index is 1100. The van der Waals surface area contributed by atoms with Gasteiger partial charge < -0.3 is 21.1 Å². The van der Waals surface area contributed by atoms with Gasteiger partial charge in [0.05, 0.1) is 11.8 Å². The monoisotopic (exact) mass is 457 g/mol. The van der Waals surface area contributed by atoms with Gasteiger partial charge in [0.2, 0.25) is 11.9 Å². The van der Waals surface area contributed by atoms with Crippen LogP contribution in [0.3, 0.4) is 0 Å². The first kappa shape index (κ1) is 22.8. The van der Waals surface area contributed by atoms with E-state index in [1.807, 2.05) is 24.4 Å². The van der Waals surface area contributed by atoms with Gasteiger partial charge in [-0.15, -0.1) is 0 Å². The van der Waals surface area contributed by atoms with Gasteiger partial charge >= 0.3 is 0 Å². The molecule has 2 aromatic heterocycles. The second-order valence-electron chi connectivity index (χ2n) is 9.34. The van der Waals surface area contributed by atoms with Crippen LogP contribution in [0.4, 0.5) is 11.9 Å². The average molecular weight is 458 g/mol. The summed E-state index contributed by atoms with van der Waals surface area (Å²) in [6, 6.07) is 5.81. The maximum Gasteiger partial charge on any atom is 0.230 e. The molecule has 0 radical (unpaired) electrons. The fourth-order valence-electron chi connectivity index (χ4n) is 4.12. The number of nitrogens with zero attached hydrogens (tertiary/aromatic N) is 5. The van der Waals surface area contributed by atoms with E-state index in [0.29, 0.717) is 23.5 Å². The topological polar surface area (TPSA) is 105 Å². The van der Waals surface area contributed by atoms with Crippen LogP contribution in [0.15, 0.2) is 24.4 Å². The SMILES string of the molecule is CC(C)c1cnn2c(NCc3c(Cl)cccc3C(C)(C)O)nc(N3CCC(N)CC3)nc12. The van der Waals surface area contributed by atoms with Crippen molar-refractivity contribution >= 4 is 29.1 Å². The number of rotatable bonds is 6. The van der Waals surface area contributed by atoms with Gasteiger partial charge in [-0.1, -0.05) is 37.6 Å². The van der Waals surface area contributed by atoms with E-state index in [1.165, 1.54) is 0 Å². The van der Waals surface area contributed by atoms with E-state index in [4.69, 9.17) is 27.3 Å². The largest absolute Gasteiger partial charge is 0.386 e. The molecule has 1 fully saturated rings. The first-order valence-corrected chi connectivity index (χ1v) is 11.5. The van der Waals surface area contributed by atoms with Crippen molar-refractivity contribution in [2.45, 2.75) is 64.6 Å². The van der Waals surface area contributed by atoms with Crippen molar-refractivity contribution in [2.75, 3.05) is 23.3 Å². The normalized spacial score (nSPS) is 15.7. The van der Waals surface area contributed by atoms with E-state index in [0.717, 1.165) is 48.3 Å². The molecule has 1 saturated heterocycles. The summed E-state index contributed by atoms with van der Waals surface area (Å²) >= 11 is 6.51. The van der Waals surface area contributed by atoms with E-state index in [2.05, 4.69) is 29.2 Å². The number of nitrogens with one attached hydrogen (secondary N) is 1. The highest BCUT2D eigenvalue weighted by molar-refractivity contribution is 6.31. The standard InChI is InChI=1S/C23H32ClN7O/c1-14(2)16-13-27-31-20(16)28-22(30-10-8-15(25)9-11-30)29-21(31)26-12-17-18(23(3,4)32)6-5-7-19(17)24/h5-7,13-15,32H,8-12,25H2,1-4H3,(H,26,28,29). The summed E-state index contributed by atoms with van der Waals surface area (Å²) in [4.78, 5) is 11.9. The summed E-state index contributed by atoms with van der Waals surface area (Å²) < 4.78 is 1.75. The summed E-state index contributed by atoms with van der Waals surface area (Å²) in [5.74, 6) is 1.55. The van der Waals surface area contributed by atoms with Gasteiger partial charge in [0.1, 0.15) is 0 Å². The number of halogens is 1. The van der Waals surface area contributed by atoms with Crippen LogP contribution in [-0.4, -0.2) is 43.8 Å². The Hall–Kier alpha value is -2.42. The van der Waals surface area contributed by atoms with Crippen LogP contribution < -0.4 is 16.0 Å². The summed E-state index contributed by atoms with van der Waals surface area (Å²) in [5, 5.41) is 19.2. The molecule has 3 heterocycles. The Labute approximate surface area is 193 Å². The Morgan fingerprint density at radius 2 is 1.97 bits per heavy atom. The van der Waals surface area contributed by atoms with E-state index in [1.54, 1.807) is 18.4 Å². The molecular weight excluding hydrogens is 426 g/mol. The minimum absolute atomic E-state index is 0.231. The number of fused-ring (bicyclic) bond motifs is 1. The van der Waals surface area contributed by atoms with Crippen molar-refractivity contribution in [3.8, 4) is 0 Å².